The Kier molecular flexibility index (Phi) is 5.00. The highest BCUT2D eigenvalue weighted by atomic mass is 32.2. The molecule has 3 rings (SSSR count). The fraction of sp³-hybridized carbons (Fsp3) is 0.0526. The number of sulfonamides is 1. The lowest BCUT2D eigenvalue weighted by molar-refractivity contribution is 0.306. The van der Waals surface area contributed by atoms with E-state index in [9.17, 15) is 12.8 Å². The van der Waals surface area contributed by atoms with Crippen molar-refractivity contribution in [2.45, 2.75) is 11.5 Å². The van der Waals surface area contributed by atoms with E-state index >= 15 is 0 Å². The number of halogens is 1. The van der Waals surface area contributed by atoms with E-state index in [0.29, 0.717) is 18.0 Å². The van der Waals surface area contributed by atoms with E-state index in [1.54, 1.807) is 24.3 Å². The van der Waals surface area contributed by atoms with Gasteiger partial charge < -0.3 is 4.74 Å². The molecule has 0 aliphatic rings. The smallest absolute Gasteiger partial charge is 0.261 e. The molecule has 3 aromatic rings. The quantitative estimate of drug-likeness (QED) is 0.719. The molecule has 0 aliphatic carbocycles. The minimum Gasteiger partial charge on any atom is -0.489 e. The van der Waals surface area contributed by atoms with Crippen LogP contribution < -0.4 is 9.46 Å². The number of benzene rings is 3. The highest BCUT2D eigenvalue weighted by molar-refractivity contribution is 7.92. The van der Waals surface area contributed by atoms with Crippen LogP contribution in [0.4, 0.5) is 10.1 Å². The number of rotatable bonds is 6. The van der Waals surface area contributed by atoms with Gasteiger partial charge in [0.05, 0.1) is 10.6 Å². The first-order valence-electron chi connectivity index (χ1n) is 7.58. The Hall–Kier alpha value is -2.86. The summed E-state index contributed by atoms with van der Waals surface area (Å²) in [5, 5.41) is 0. The summed E-state index contributed by atoms with van der Waals surface area (Å²) in [7, 11) is -3.87. The molecule has 0 heterocycles. The Labute approximate surface area is 146 Å². The van der Waals surface area contributed by atoms with Crippen LogP contribution in [0.2, 0.25) is 0 Å². The molecular weight excluding hydrogens is 341 g/mol. The van der Waals surface area contributed by atoms with E-state index in [-0.39, 0.29) is 4.90 Å². The summed E-state index contributed by atoms with van der Waals surface area (Å²) in [5.74, 6) is -0.0777. The third-order valence-corrected chi connectivity index (χ3v) is 4.82. The van der Waals surface area contributed by atoms with Gasteiger partial charge in [-0.25, -0.2) is 12.8 Å². The number of hydrogen-bond acceptors (Lipinski definition) is 3. The van der Waals surface area contributed by atoms with Crippen molar-refractivity contribution < 1.29 is 17.5 Å². The first-order valence-corrected chi connectivity index (χ1v) is 9.06. The second-order valence-electron chi connectivity index (χ2n) is 5.36. The van der Waals surface area contributed by atoms with Crippen molar-refractivity contribution in [1.29, 1.82) is 0 Å². The average molecular weight is 357 g/mol. The molecule has 0 unspecified atom stereocenters. The topological polar surface area (TPSA) is 55.4 Å². The Balaban J connectivity index is 1.73. The maximum Gasteiger partial charge on any atom is 0.261 e. The normalized spacial score (nSPS) is 11.1. The van der Waals surface area contributed by atoms with Crippen molar-refractivity contribution in [3.05, 3.63) is 90.2 Å². The predicted octanol–water partition coefficient (Wildman–Crippen LogP) is 4.21. The maximum absolute atomic E-state index is 13.2. The summed E-state index contributed by atoms with van der Waals surface area (Å²) in [4.78, 5) is -0.136. The molecule has 0 radical (unpaired) electrons. The molecule has 0 aliphatic heterocycles. The summed E-state index contributed by atoms with van der Waals surface area (Å²) < 4.78 is 46.0. The summed E-state index contributed by atoms with van der Waals surface area (Å²) >= 11 is 0. The molecule has 25 heavy (non-hydrogen) atoms. The van der Waals surface area contributed by atoms with Crippen LogP contribution in [0.3, 0.4) is 0 Å². The summed E-state index contributed by atoms with van der Waals surface area (Å²) in [5.41, 5.74) is 1.35. The SMILES string of the molecule is O=S(=O)(Nc1cccc(OCc2ccccc2)c1)c1cccc(F)c1. The van der Waals surface area contributed by atoms with Crippen molar-refractivity contribution in [3.63, 3.8) is 0 Å². The van der Waals surface area contributed by atoms with Gasteiger partial charge in [-0.2, -0.15) is 0 Å². The second kappa shape index (κ2) is 7.36. The van der Waals surface area contributed by atoms with Gasteiger partial charge in [0.15, 0.2) is 0 Å². The van der Waals surface area contributed by atoms with Crippen LogP contribution in [-0.2, 0) is 16.6 Å². The molecule has 0 aromatic heterocycles. The first-order chi connectivity index (χ1) is 12.0. The van der Waals surface area contributed by atoms with Crippen molar-refractivity contribution in [3.8, 4) is 5.75 Å². The van der Waals surface area contributed by atoms with Gasteiger partial charge in [0.2, 0.25) is 0 Å². The van der Waals surface area contributed by atoms with Crippen LogP contribution in [0, 0.1) is 5.82 Å². The van der Waals surface area contributed by atoms with Crippen LogP contribution in [-0.4, -0.2) is 8.42 Å². The molecule has 0 saturated heterocycles. The zero-order valence-corrected chi connectivity index (χ0v) is 14.0. The zero-order valence-electron chi connectivity index (χ0n) is 13.2. The molecule has 1 N–H and O–H groups in total. The van der Waals surface area contributed by atoms with Crippen LogP contribution >= 0.6 is 0 Å². The summed E-state index contributed by atoms with van der Waals surface area (Å²) in [6.45, 7) is 0.376. The molecule has 0 atom stereocenters. The Morgan fingerprint density at radius 3 is 2.40 bits per heavy atom. The standard InChI is InChI=1S/C19H16FNO3S/c20-16-8-4-11-19(12-16)25(22,23)21-17-9-5-10-18(13-17)24-14-15-6-2-1-3-7-15/h1-13,21H,14H2. The van der Waals surface area contributed by atoms with Crippen LogP contribution in [0.5, 0.6) is 5.75 Å². The average Bonchev–Trinajstić information content (AvgIpc) is 2.61. The van der Waals surface area contributed by atoms with Gasteiger partial charge in [-0.05, 0) is 35.9 Å². The second-order valence-corrected chi connectivity index (χ2v) is 7.05. The minimum absolute atomic E-state index is 0.136. The van der Waals surface area contributed by atoms with Gasteiger partial charge in [-0.1, -0.05) is 42.5 Å². The minimum atomic E-state index is -3.87. The lowest BCUT2D eigenvalue weighted by atomic mass is 10.2. The molecule has 128 valence electrons. The molecule has 6 heteroatoms. The van der Waals surface area contributed by atoms with Gasteiger partial charge in [0.1, 0.15) is 18.2 Å². The number of nitrogens with one attached hydrogen (secondary N) is 1. The fourth-order valence-electron chi connectivity index (χ4n) is 2.24. The Bertz CT molecular complexity index is 959. The largest absolute Gasteiger partial charge is 0.489 e. The van der Waals surface area contributed by atoms with Crippen molar-refractivity contribution >= 4 is 15.7 Å². The monoisotopic (exact) mass is 357 g/mol. The van der Waals surface area contributed by atoms with E-state index in [1.165, 1.54) is 18.2 Å². The Morgan fingerprint density at radius 1 is 0.880 bits per heavy atom. The van der Waals surface area contributed by atoms with Gasteiger partial charge in [0.25, 0.3) is 10.0 Å². The van der Waals surface area contributed by atoms with E-state index < -0.39 is 15.8 Å². The molecule has 0 amide bonds. The van der Waals surface area contributed by atoms with Crippen molar-refractivity contribution in [2.75, 3.05) is 4.72 Å². The van der Waals surface area contributed by atoms with Crippen LogP contribution in [0.15, 0.2) is 83.8 Å². The molecule has 0 spiro atoms. The molecule has 0 fully saturated rings. The highest BCUT2D eigenvalue weighted by Gasteiger charge is 2.15. The Morgan fingerprint density at radius 2 is 1.64 bits per heavy atom. The van der Waals surface area contributed by atoms with E-state index in [0.717, 1.165) is 11.6 Å². The predicted molar refractivity (Wildman–Crippen MR) is 94.4 cm³/mol. The first kappa shape index (κ1) is 17.0. The molecule has 0 bridgehead atoms. The number of ether oxygens (including phenoxy) is 1. The van der Waals surface area contributed by atoms with Crippen LogP contribution in [0.25, 0.3) is 0 Å². The molecule has 4 nitrogen and oxygen atoms in total. The molecule has 3 aromatic carbocycles. The zero-order chi connectivity index (χ0) is 17.7. The van der Waals surface area contributed by atoms with Gasteiger partial charge in [-0.15, -0.1) is 0 Å². The molecular formula is C19H16FNO3S. The van der Waals surface area contributed by atoms with Gasteiger partial charge >= 0.3 is 0 Å². The summed E-state index contributed by atoms with van der Waals surface area (Å²) in [6.07, 6.45) is 0. The lowest BCUT2D eigenvalue weighted by Crippen LogP contribution is -2.13. The van der Waals surface area contributed by atoms with E-state index in [4.69, 9.17) is 4.74 Å². The third-order valence-electron chi connectivity index (χ3n) is 3.44. The maximum atomic E-state index is 13.2. The number of anilines is 1. The van der Waals surface area contributed by atoms with Gasteiger partial charge in [0, 0.05) is 6.07 Å². The van der Waals surface area contributed by atoms with Crippen molar-refractivity contribution in [2.24, 2.45) is 0 Å². The van der Waals surface area contributed by atoms with E-state index in [2.05, 4.69) is 4.72 Å². The highest BCUT2D eigenvalue weighted by Crippen LogP contribution is 2.22. The molecule has 0 saturated carbocycles. The fourth-order valence-corrected chi connectivity index (χ4v) is 3.32. The lowest BCUT2D eigenvalue weighted by Gasteiger charge is -2.11. The van der Waals surface area contributed by atoms with Crippen LogP contribution in [0.1, 0.15) is 5.56 Å². The number of hydrogen-bond donors (Lipinski definition) is 1. The summed E-state index contributed by atoms with van der Waals surface area (Å²) in [6, 6.07) is 21.1. The van der Waals surface area contributed by atoms with Gasteiger partial charge in [-0.3, -0.25) is 4.72 Å². The van der Waals surface area contributed by atoms with E-state index in [1.807, 2.05) is 30.3 Å². The van der Waals surface area contributed by atoms with Crippen molar-refractivity contribution in [1.82, 2.24) is 0 Å². The third kappa shape index (κ3) is 4.58.